The van der Waals surface area contributed by atoms with Crippen molar-refractivity contribution in [3.8, 4) is 0 Å². The fourth-order valence-corrected chi connectivity index (χ4v) is 1.07. The van der Waals surface area contributed by atoms with E-state index in [2.05, 4.69) is 31.2 Å². The van der Waals surface area contributed by atoms with Crippen molar-refractivity contribution >= 4 is 12.0 Å². The molecular weight excluding hydrogens is 156 g/mol. The van der Waals surface area contributed by atoms with Gasteiger partial charge < -0.3 is 4.18 Å². The van der Waals surface area contributed by atoms with Crippen molar-refractivity contribution in [2.45, 2.75) is 13.5 Å². The van der Waals surface area contributed by atoms with Gasteiger partial charge in [-0.2, -0.15) is 0 Å². The van der Waals surface area contributed by atoms with Crippen LogP contribution in [-0.4, -0.2) is 6.26 Å². The van der Waals surface area contributed by atoms with Crippen LogP contribution in [0.4, 0.5) is 0 Å². The molecule has 1 nitrogen and oxygen atoms in total. The topological polar surface area (TPSA) is 9.23 Å². The first-order chi connectivity index (χ1) is 5.33. The molecule has 2 heteroatoms. The Morgan fingerprint density at radius 1 is 1.27 bits per heavy atom. The quantitative estimate of drug-likeness (QED) is 0.642. The van der Waals surface area contributed by atoms with Gasteiger partial charge in [0, 0.05) is 6.26 Å². The highest BCUT2D eigenvalue weighted by molar-refractivity contribution is 7.93. The SMILES string of the molecule is CSOCc1ccc(C)cc1. The zero-order valence-corrected chi connectivity index (χ0v) is 7.65. The molecule has 0 spiro atoms. The van der Waals surface area contributed by atoms with E-state index in [9.17, 15) is 0 Å². The second kappa shape index (κ2) is 4.42. The van der Waals surface area contributed by atoms with Crippen molar-refractivity contribution in [2.75, 3.05) is 6.26 Å². The summed E-state index contributed by atoms with van der Waals surface area (Å²) in [6, 6.07) is 8.37. The molecule has 1 aromatic carbocycles. The fourth-order valence-electron chi connectivity index (χ4n) is 0.811. The lowest BCUT2D eigenvalue weighted by molar-refractivity contribution is 0.366. The van der Waals surface area contributed by atoms with Crippen LogP contribution < -0.4 is 0 Å². The minimum atomic E-state index is 0.696. The van der Waals surface area contributed by atoms with Gasteiger partial charge in [-0.3, -0.25) is 0 Å². The van der Waals surface area contributed by atoms with Crippen LogP contribution in [0.15, 0.2) is 24.3 Å². The molecule has 0 fully saturated rings. The van der Waals surface area contributed by atoms with E-state index in [1.165, 1.54) is 23.2 Å². The molecule has 0 aliphatic carbocycles. The fraction of sp³-hybridized carbons (Fsp3) is 0.333. The molecule has 0 bridgehead atoms. The molecule has 11 heavy (non-hydrogen) atoms. The molecule has 0 unspecified atom stereocenters. The molecule has 1 aromatic rings. The summed E-state index contributed by atoms with van der Waals surface area (Å²) in [6.07, 6.45) is 1.92. The average Bonchev–Trinajstić information content (AvgIpc) is 2.04. The van der Waals surface area contributed by atoms with Crippen molar-refractivity contribution in [3.63, 3.8) is 0 Å². The third-order valence-electron chi connectivity index (χ3n) is 1.46. The standard InChI is InChI=1S/C9H12OS/c1-8-3-5-9(6-4-8)7-10-11-2/h3-6H,7H2,1-2H3. The highest BCUT2D eigenvalue weighted by atomic mass is 32.2. The van der Waals surface area contributed by atoms with Crippen molar-refractivity contribution in [1.82, 2.24) is 0 Å². The van der Waals surface area contributed by atoms with Gasteiger partial charge in [-0.15, -0.1) is 0 Å². The van der Waals surface area contributed by atoms with Crippen LogP contribution in [0.2, 0.25) is 0 Å². The Hall–Kier alpha value is -0.470. The summed E-state index contributed by atoms with van der Waals surface area (Å²) in [4.78, 5) is 0. The first-order valence-electron chi connectivity index (χ1n) is 3.54. The second-order valence-corrected chi connectivity index (χ2v) is 2.98. The van der Waals surface area contributed by atoms with Gasteiger partial charge in [0.05, 0.1) is 6.61 Å². The van der Waals surface area contributed by atoms with Gasteiger partial charge in [0.2, 0.25) is 0 Å². The minimum Gasteiger partial charge on any atom is -0.311 e. The van der Waals surface area contributed by atoms with Gasteiger partial charge in [0.25, 0.3) is 0 Å². The zero-order chi connectivity index (χ0) is 8.10. The third-order valence-corrected chi connectivity index (χ3v) is 1.82. The number of benzene rings is 1. The summed E-state index contributed by atoms with van der Waals surface area (Å²) in [5.74, 6) is 0. The van der Waals surface area contributed by atoms with E-state index >= 15 is 0 Å². The summed E-state index contributed by atoms with van der Waals surface area (Å²) < 4.78 is 5.18. The first kappa shape index (κ1) is 8.62. The lowest BCUT2D eigenvalue weighted by atomic mass is 10.2. The molecular formula is C9H12OS. The number of hydrogen-bond acceptors (Lipinski definition) is 2. The lowest BCUT2D eigenvalue weighted by Crippen LogP contribution is -1.84. The van der Waals surface area contributed by atoms with Crippen LogP contribution >= 0.6 is 12.0 Å². The van der Waals surface area contributed by atoms with Crippen LogP contribution in [0.5, 0.6) is 0 Å². The zero-order valence-electron chi connectivity index (χ0n) is 6.83. The molecule has 60 valence electrons. The molecule has 0 saturated carbocycles. The summed E-state index contributed by atoms with van der Waals surface area (Å²) in [7, 11) is 0. The van der Waals surface area contributed by atoms with Gasteiger partial charge >= 0.3 is 0 Å². The predicted octanol–water partition coefficient (Wildman–Crippen LogP) is 2.79. The number of rotatable bonds is 3. The Balaban J connectivity index is 2.52. The van der Waals surface area contributed by atoms with Gasteiger partial charge in [-0.25, -0.2) is 0 Å². The Morgan fingerprint density at radius 2 is 1.91 bits per heavy atom. The van der Waals surface area contributed by atoms with Crippen molar-refractivity contribution < 1.29 is 4.18 Å². The van der Waals surface area contributed by atoms with E-state index in [0.29, 0.717) is 6.61 Å². The maximum atomic E-state index is 5.18. The summed E-state index contributed by atoms with van der Waals surface area (Å²) >= 11 is 1.40. The molecule has 0 aliphatic rings. The Labute approximate surface area is 72.0 Å². The number of hydrogen-bond donors (Lipinski definition) is 0. The molecule has 0 radical (unpaired) electrons. The van der Waals surface area contributed by atoms with E-state index < -0.39 is 0 Å². The molecule has 0 amide bonds. The van der Waals surface area contributed by atoms with E-state index in [4.69, 9.17) is 4.18 Å². The normalized spacial score (nSPS) is 10.0. The molecule has 1 rings (SSSR count). The van der Waals surface area contributed by atoms with Crippen LogP contribution in [0.1, 0.15) is 11.1 Å². The summed E-state index contributed by atoms with van der Waals surface area (Å²) in [6.45, 7) is 2.78. The molecule has 0 atom stereocenters. The minimum absolute atomic E-state index is 0.696. The smallest absolute Gasteiger partial charge is 0.0864 e. The average molecular weight is 168 g/mol. The summed E-state index contributed by atoms with van der Waals surface area (Å²) in [5, 5.41) is 0. The van der Waals surface area contributed by atoms with Crippen LogP contribution in [0.25, 0.3) is 0 Å². The van der Waals surface area contributed by atoms with Crippen molar-refractivity contribution in [1.29, 1.82) is 0 Å². The summed E-state index contributed by atoms with van der Waals surface area (Å²) in [5.41, 5.74) is 2.52. The van der Waals surface area contributed by atoms with E-state index in [-0.39, 0.29) is 0 Å². The second-order valence-electron chi connectivity index (χ2n) is 2.41. The monoisotopic (exact) mass is 168 g/mol. The van der Waals surface area contributed by atoms with Gasteiger partial charge in [-0.1, -0.05) is 29.8 Å². The van der Waals surface area contributed by atoms with Crippen LogP contribution in [0, 0.1) is 6.92 Å². The van der Waals surface area contributed by atoms with Gasteiger partial charge in [0.15, 0.2) is 0 Å². The molecule has 0 aromatic heterocycles. The van der Waals surface area contributed by atoms with E-state index in [1.807, 2.05) is 6.26 Å². The Bertz CT molecular complexity index is 205. The lowest BCUT2D eigenvalue weighted by Gasteiger charge is -1.99. The Morgan fingerprint density at radius 3 is 2.45 bits per heavy atom. The highest BCUT2D eigenvalue weighted by Gasteiger charge is 1.90. The molecule has 0 N–H and O–H groups in total. The highest BCUT2D eigenvalue weighted by Crippen LogP contribution is 2.07. The molecule has 0 saturated heterocycles. The van der Waals surface area contributed by atoms with Crippen molar-refractivity contribution in [3.05, 3.63) is 35.4 Å². The van der Waals surface area contributed by atoms with Crippen LogP contribution in [0.3, 0.4) is 0 Å². The predicted molar refractivity (Wildman–Crippen MR) is 49.5 cm³/mol. The van der Waals surface area contributed by atoms with E-state index in [0.717, 1.165) is 0 Å². The largest absolute Gasteiger partial charge is 0.311 e. The molecule has 0 aliphatic heterocycles. The van der Waals surface area contributed by atoms with Gasteiger partial charge in [-0.05, 0) is 24.5 Å². The third kappa shape index (κ3) is 2.95. The van der Waals surface area contributed by atoms with Crippen LogP contribution in [-0.2, 0) is 10.8 Å². The Kier molecular flexibility index (Phi) is 3.46. The maximum absolute atomic E-state index is 5.18. The molecule has 0 heterocycles. The van der Waals surface area contributed by atoms with Gasteiger partial charge in [0.1, 0.15) is 0 Å². The van der Waals surface area contributed by atoms with Crippen molar-refractivity contribution in [2.24, 2.45) is 0 Å². The maximum Gasteiger partial charge on any atom is 0.0864 e. The first-order valence-corrected chi connectivity index (χ1v) is 4.69. The number of aryl methyl sites for hydroxylation is 1. The van der Waals surface area contributed by atoms with E-state index in [1.54, 1.807) is 0 Å².